The highest BCUT2D eigenvalue weighted by Gasteiger charge is 2.15. The van der Waals surface area contributed by atoms with Gasteiger partial charge in [0.05, 0.1) is 26.9 Å². The fraction of sp³-hybridized carbons (Fsp3) is 0. The SMILES string of the molecule is O=C(Nc1c(Cl)ccc2nsnc12)c1ccc(Br)c(O)c1. The first kappa shape index (κ1) is 14.2. The minimum Gasteiger partial charge on any atom is -0.507 e. The maximum atomic E-state index is 12.3. The number of phenolic OH excluding ortho intramolecular Hbond substituents is 1. The van der Waals surface area contributed by atoms with Crippen molar-refractivity contribution in [3.63, 3.8) is 0 Å². The van der Waals surface area contributed by atoms with Gasteiger partial charge in [0.1, 0.15) is 16.8 Å². The normalized spacial score (nSPS) is 10.8. The largest absolute Gasteiger partial charge is 0.507 e. The third kappa shape index (κ3) is 2.72. The van der Waals surface area contributed by atoms with Crippen LogP contribution in [0.15, 0.2) is 34.8 Å². The number of hydrogen-bond acceptors (Lipinski definition) is 5. The summed E-state index contributed by atoms with van der Waals surface area (Å²) in [5.74, 6) is -0.400. The number of carbonyl (C=O) groups excluding carboxylic acids is 1. The second-order valence-corrected chi connectivity index (χ2v) is 5.96. The summed E-state index contributed by atoms with van der Waals surface area (Å²) >= 11 is 10.3. The van der Waals surface area contributed by atoms with Crippen molar-refractivity contribution in [2.45, 2.75) is 0 Å². The smallest absolute Gasteiger partial charge is 0.255 e. The van der Waals surface area contributed by atoms with Crippen LogP contribution in [0, 0.1) is 0 Å². The molecule has 21 heavy (non-hydrogen) atoms. The second kappa shape index (κ2) is 5.59. The van der Waals surface area contributed by atoms with Gasteiger partial charge in [0.25, 0.3) is 5.91 Å². The number of nitrogens with one attached hydrogen (secondary N) is 1. The number of anilines is 1. The van der Waals surface area contributed by atoms with Crippen LogP contribution in [0.5, 0.6) is 5.75 Å². The summed E-state index contributed by atoms with van der Waals surface area (Å²) in [6, 6.07) is 7.94. The van der Waals surface area contributed by atoms with Gasteiger partial charge in [-0.2, -0.15) is 8.75 Å². The minimum atomic E-state index is -0.389. The molecule has 0 aliphatic heterocycles. The Morgan fingerprint density at radius 1 is 1.29 bits per heavy atom. The maximum absolute atomic E-state index is 12.3. The molecule has 2 aromatic carbocycles. The van der Waals surface area contributed by atoms with E-state index in [2.05, 4.69) is 30.0 Å². The molecular weight excluding hydrogens is 378 g/mol. The summed E-state index contributed by atoms with van der Waals surface area (Å²) in [6.07, 6.45) is 0. The number of hydrogen-bond donors (Lipinski definition) is 2. The Labute approximate surface area is 137 Å². The summed E-state index contributed by atoms with van der Waals surface area (Å²) < 4.78 is 8.75. The summed E-state index contributed by atoms with van der Waals surface area (Å²) in [5.41, 5.74) is 1.93. The van der Waals surface area contributed by atoms with E-state index in [1.54, 1.807) is 24.3 Å². The van der Waals surface area contributed by atoms with Crippen molar-refractivity contribution in [2.24, 2.45) is 0 Å². The minimum absolute atomic E-state index is 0.0118. The first-order chi connectivity index (χ1) is 10.1. The van der Waals surface area contributed by atoms with Gasteiger partial charge in [-0.05, 0) is 46.3 Å². The lowest BCUT2D eigenvalue weighted by Gasteiger charge is -2.08. The van der Waals surface area contributed by atoms with Crippen molar-refractivity contribution in [1.82, 2.24) is 8.75 Å². The Bertz CT molecular complexity index is 853. The molecular formula is C13H7BrClN3O2S. The molecule has 0 radical (unpaired) electrons. The monoisotopic (exact) mass is 383 g/mol. The quantitative estimate of drug-likeness (QED) is 0.698. The van der Waals surface area contributed by atoms with Gasteiger partial charge in [-0.25, -0.2) is 0 Å². The van der Waals surface area contributed by atoms with Gasteiger partial charge in [-0.15, -0.1) is 0 Å². The van der Waals surface area contributed by atoms with Crippen molar-refractivity contribution in [3.05, 3.63) is 45.4 Å². The Hall–Kier alpha value is -1.70. The molecule has 0 aliphatic carbocycles. The van der Waals surface area contributed by atoms with E-state index in [0.717, 1.165) is 11.7 Å². The summed E-state index contributed by atoms with van der Waals surface area (Å²) in [4.78, 5) is 12.3. The molecule has 106 valence electrons. The first-order valence-corrected chi connectivity index (χ1v) is 7.67. The van der Waals surface area contributed by atoms with Gasteiger partial charge in [-0.3, -0.25) is 4.79 Å². The number of fused-ring (bicyclic) bond motifs is 1. The van der Waals surface area contributed by atoms with Crippen LogP contribution < -0.4 is 5.32 Å². The van der Waals surface area contributed by atoms with E-state index in [-0.39, 0.29) is 11.7 Å². The molecule has 1 heterocycles. The van der Waals surface area contributed by atoms with E-state index in [1.807, 2.05) is 0 Å². The molecule has 2 N–H and O–H groups in total. The number of benzene rings is 2. The summed E-state index contributed by atoms with van der Waals surface area (Å²) in [5, 5.41) is 12.7. The lowest BCUT2D eigenvalue weighted by Crippen LogP contribution is -2.12. The van der Waals surface area contributed by atoms with Crippen molar-refractivity contribution >= 4 is 61.9 Å². The van der Waals surface area contributed by atoms with E-state index in [0.29, 0.717) is 31.8 Å². The van der Waals surface area contributed by atoms with E-state index < -0.39 is 0 Å². The molecule has 0 spiro atoms. The van der Waals surface area contributed by atoms with Gasteiger partial charge in [0.2, 0.25) is 0 Å². The van der Waals surface area contributed by atoms with Crippen LogP contribution in [0.4, 0.5) is 5.69 Å². The van der Waals surface area contributed by atoms with Crippen LogP contribution >= 0.6 is 39.3 Å². The summed E-state index contributed by atoms with van der Waals surface area (Å²) in [7, 11) is 0. The number of aromatic nitrogens is 2. The number of rotatable bonds is 2. The molecule has 0 bridgehead atoms. The highest BCUT2D eigenvalue weighted by molar-refractivity contribution is 9.10. The summed E-state index contributed by atoms with van der Waals surface area (Å²) in [6.45, 7) is 0. The predicted octanol–water partition coefficient (Wildman–Crippen LogP) is 4.07. The van der Waals surface area contributed by atoms with Crippen LogP contribution in [0.1, 0.15) is 10.4 Å². The van der Waals surface area contributed by atoms with Crippen molar-refractivity contribution < 1.29 is 9.90 Å². The number of amides is 1. The third-order valence-corrected chi connectivity index (χ3v) is 4.35. The van der Waals surface area contributed by atoms with E-state index >= 15 is 0 Å². The van der Waals surface area contributed by atoms with E-state index in [4.69, 9.17) is 11.6 Å². The number of carbonyl (C=O) groups is 1. The average Bonchev–Trinajstić information content (AvgIpc) is 2.93. The zero-order chi connectivity index (χ0) is 15.0. The van der Waals surface area contributed by atoms with Crippen LogP contribution in [0.2, 0.25) is 5.02 Å². The van der Waals surface area contributed by atoms with Crippen LogP contribution in [-0.2, 0) is 0 Å². The second-order valence-electron chi connectivity index (χ2n) is 4.17. The van der Waals surface area contributed by atoms with Crippen molar-refractivity contribution in [2.75, 3.05) is 5.32 Å². The predicted molar refractivity (Wildman–Crippen MR) is 86.2 cm³/mol. The van der Waals surface area contributed by atoms with Crippen molar-refractivity contribution in [3.8, 4) is 5.75 Å². The molecule has 1 aromatic heterocycles. The fourth-order valence-corrected chi connectivity index (χ4v) is 2.77. The molecule has 1 amide bonds. The van der Waals surface area contributed by atoms with Crippen LogP contribution in [-0.4, -0.2) is 19.8 Å². The van der Waals surface area contributed by atoms with E-state index in [9.17, 15) is 9.90 Å². The highest BCUT2D eigenvalue weighted by Crippen LogP contribution is 2.31. The Morgan fingerprint density at radius 3 is 2.86 bits per heavy atom. The standard InChI is InChI=1S/C13H7BrClN3O2S/c14-7-2-1-6(5-10(7)19)13(20)16-11-8(15)3-4-9-12(11)18-21-17-9/h1-5,19H,(H,16,20). The number of aromatic hydroxyl groups is 1. The van der Waals surface area contributed by atoms with Gasteiger partial charge < -0.3 is 10.4 Å². The first-order valence-electron chi connectivity index (χ1n) is 5.77. The Balaban J connectivity index is 1.98. The molecule has 0 aliphatic rings. The molecule has 0 atom stereocenters. The molecule has 8 heteroatoms. The van der Waals surface area contributed by atoms with Gasteiger partial charge in [-0.1, -0.05) is 11.6 Å². The van der Waals surface area contributed by atoms with Crippen LogP contribution in [0.25, 0.3) is 11.0 Å². The Morgan fingerprint density at radius 2 is 2.10 bits per heavy atom. The lowest BCUT2D eigenvalue weighted by atomic mass is 10.2. The van der Waals surface area contributed by atoms with Crippen LogP contribution in [0.3, 0.4) is 0 Å². The average molecular weight is 385 g/mol. The molecule has 0 unspecified atom stereocenters. The lowest BCUT2D eigenvalue weighted by molar-refractivity contribution is 0.102. The van der Waals surface area contributed by atoms with Gasteiger partial charge >= 0.3 is 0 Å². The third-order valence-electron chi connectivity index (χ3n) is 2.82. The number of nitrogens with zero attached hydrogens (tertiary/aromatic N) is 2. The maximum Gasteiger partial charge on any atom is 0.255 e. The zero-order valence-electron chi connectivity index (χ0n) is 10.3. The van der Waals surface area contributed by atoms with Gasteiger partial charge in [0.15, 0.2) is 0 Å². The van der Waals surface area contributed by atoms with Crippen molar-refractivity contribution in [1.29, 1.82) is 0 Å². The van der Waals surface area contributed by atoms with E-state index in [1.165, 1.54) is 6.07 Å². The number of halogens is 2. The Kier molecular flexibility index (Phi) is 3.79. The molecule has 3 rings (SSSR count). The topological polar surface area (TPSA) is 75.1 Å². The fourth-order valence-electron chi connectivity index (χ4n) is 1.79. The molecule has 3 aromatic rings. The molecule has 0 saturated carbocycles. The number of phenols is 1. The molecule has 5 nitrogen and oxygen atoms in total. The highest BCUT2D eigenvalue weighted by atomic mass is 79.9. The van der Waals surface area contributed by atoms with Gasteiger partial charge in [0, 0.05) is 5.56 Å². The zero-order valence-corrected chi connectivity index (χ0v) is 13.5. The molecule has 0 saturated heterocycles. The molecule has 0 fully saturated rings.